The molecule has 236 valence electrons. The van der Waals surface area contributed by atoms with E-state index in [1.165, 1.54) is 49.6 Å². The summed E-state index contributed by atoms with van der Waals surface area (Å²) >= 11 is 0. The Morgan fingerprint density at radius 3 is 2.20 bits per heavy atom. The third-order valence-electron chi connectivity index (χ3n) is 10.1. The molecule has 12 heteroatoms. The van der Waals surface area contributed by atoms with Crippen LogP contribution in [0.3, 0.4) is 0 Å². The first-order valence-corrected chi connectivity index (χ1v) is 17.2. The number of sulfonamides is 1. The molecule has 1 aliphatic heterocycles. The molecule has 2 aromatic carbocycles. The number of phenols is 1. The Bertz CT molecular complexity index is 1710. The standard InChI is InChI=1S/C33H36FN5O5S/c34-28-16-25(4-5-27(28)24-2-1-3-26(40)15-24)32(42)39-10-8-38(9-11-39)30-7-6-29(35-36-30)31(41)37-45(43,44)20-33-17-21-12-22(18-33)14-23(13-21)19-33/h1-7,15-16,21-23,40H,8-14,17-20H2,(H,37,41). The number of nitrogens with one attached hydrogen (secondary N) is 1. The minimum Gasteiger partial charge on any atom is -0.508 e. The Kier molecular flexibility index (Phi) is 7.50. The minimum absolute atomic E-state index is 0.0158. The van der Waals surface area contributed by atoms with E-state index in [1.54, 1.807) is 29.2 Å². The molecular formula is C33H36FN5O5S. The van der Waals surface area contributed by atoms with Crippen LogP contribution >= 0.6 is 0 Å². The summed E-state index contributed by atoms with van der Waals surface area (Å²) in [4.78, 5) is 29.5. The second-order valence-corrected chi connectivity index (χ2v) is 15.1. The molecule has 5 fully saturated rings. The molecule has 4 aliphatic carbocycles. The van der Waals surface area contributed by atoms with Crippen LogP contribution in [0.15, 0.2) is 54.6 Å². The fraction of sp³-hybridized carbons (Fsp3) is 0.455. The van der Waals surface area contributed by atoms with Crippen LogP contribution in [0.1, 0.15) is 59.4 Å². The number of phenolic OH excluding ortho intramolecular Hbond substituents is 1. The van der Waals surface area contributed by atoms with Crippen LogP contribution in [0.5, 0.6) is 5.75 Å². The summed E-state index contributed by atoms with van der Waals surface area (Å²) < 4.78 is 43.3. The van der Waals surface area contributed by atoms with Gasteiger partial charge in [-0.15, -0.1) is 10.2 Å². The summed E-state index contributed by atoms with van der Waals surface area (Å²) in [6, 6.07) is 13.7. The van der Waals surface area contributed by atoms with Gasteiger partial charge in [0.25, 0.3) is 11.8 Å². The quantitative estimate of drug-likeness (QED) is 0.395. The number of benzene rings is 2. The van der Waals surface area contributed by atoms with Crippen LogP contribution in [0.25, 0.3) is 11.1 Å². The van der Waals surface area contributed by atoms with Gasteiger partial charge in [-0.1, -0.05) is 18.2 Å². The van der Waals surface area contributed by atoms with E-state index in [1.807, 2.05) is 4.90 Å². The molecule has 2 amide bonds. The maximum atomic E-state index is 14.9. The molecular weight excluding hydrogens is 597 g/mol. The van der Waals surface area contributed by atoms with Crippen LogP contribution in [0.4, 0.5) is 10.2 Å². The summed E-state index contributed by atoms with van der Waals surface area (Å²) in [5.74, 6) is 0.758. The van der Waals surface area contributed by atoms with Gasteiger partial charge in [-0.25, -0.2) is 17.5 Å². The van der Waals surface area contributed by atoms with Gasteiger partial charge in [0.1, 0.15) is 11.6 Å². The number of aromatic hydroxyl groups is 1. The van der Waals surface area contributed by atoms with E-state index in [-0.39, 0.29) is 34.1 Å². The van der Waals surface area contributed by atoms with E-state index in [2.05, 4.69) is 14.9 Å². The Morgan fingerprint density at radius 1 is 0.911 bits per heavy atom. The lowest BCUT2D eigenvalue weighted by Crippen LogP contribution is -2.51. The molecule has 45 heavy (non-hydrogen) atoms. The van der Waals surface area contributed by atoms with Crippen molar-refractivity contribution in [3.05, 3.63) is 71.7 Å². The summed E-state index contributed by atoms with van der Waals surface area (Å²) in [5.41, 5.74) is 0.757. The topological polar surface area (TPSA) is 133 Å². The molecule has 4 saturated carbocycles. The van der Waals surface area contributed by atoms with Gasteiger partial charge in [0, 0.05) is 37.3 Å². The molecule has 10 nitrogen and oxygen atoms in total. The van der Waals surface area contributed by atoms with Crippen LogP contribution in [0.2, 0.25) is 0 Å². The molecule has 0 atom stereocenters. The van der Waals surface area contributed by atoms with Crippen LogP contribution in [-0.2, 0) is 10.0 Å². The number of rotatable bonds is 7. The number of amides is 2. The van der Waals surface area contributed by atoms with E-state index in [0.717, 1.165) is 19.3 Å². The monoisotopic (exact) mass is 633 g/mol. The summed E-state index contributed by atoms with van der Waals surface area (Å²) in [5, 5.41) is 17.9. The average molecular weight is 634 g/mol. The van der Waals surface area contributed by atoms with E-state index in [4.69, 9.17) is 0 Å². The molecule has 2 N–H and O–H groups in total. The van der Waals surface area contributed by atoms with E-state index >= 15 is 0 Å². The zero-order chi connectivity index (χ0) is 31.3. The van der Waals surface area contributed by atoms with E-state index in [0.29, 0.717) is 60.9 Å². The predicted molar refractivity (Wildman–Crippen MR) is 166 cm³/mol. The Labute approximate surface area is 261 Å². The molecule has 4 bridgehead atoms. The largest absolute Gasteiger partial charge is 0.508 e. The predicted octanol–water partition coefficient (Wildman–Crippen LogP) is 4.23. The number of halogens is 1. The Balaban J connectivity index is 0.934. The van der Waals surface area contributed by atoms with Crippen molar-refractivity contribution in [3.63, 3.8) is 0 Å². The van der Waals surface area contributed by atoms with Gasteiger partial charge in [-0.2, -0.15) is 0 Å². The lowest BCUT2D eigenvalue weighted by molar-refractivity contribution is -0.0391. The average Bonchev–Trinajstić information content (AvgIpc) is 2.99. The van der Waals surface area contributed by atoms with Crippen LogP contribution in [0, 0.1) is 29.0 Å². The number of anilines is 1. The summed E-state index contributed by atoms with van der Waals surface area (Å²) in [6.07, 6.45) is 6.46. The number of aromatic nitrogens is 2. The highest BCUT2D eigenvalue weighted by Gasteiger charge is 2.52. The second kappa shape index (κ2) is 11.4. The third kappa shape index (κ3) is 6.12. The first-order chi connectivity index (χ1) is 21.5. The number of carbonyl (C=O) groups excluding carboxylic acids is 2. The van der Waals surface area contributed by atoms with Gasteiger partial charge < -0.3 is 14.9 Å². The molecule has 0 radical (unpaired) electrons. The van der Waals surface area contributed by atoms with Crippen molar-refractivity contribution in [2.45, 2.75) is 38.5 Å². The number of hydrogen-bond acceptors (Lipinski definition) is 8. The first kappa shape index (κ1) is 29.6. The first-order valence-electron chi connectivity index (χ1n) is 15.6. The number of piperazine rings is 1. The Morgan fingerprint density at radius 2 is 1.60 bits per heavy atom. The minimum atomic E-state index is -3.83. The summed E-state index contributed by atoms with van der Waals surface area (Å²) in [7, 11) is -3.83. The van der Waals surface area contributed by atoms with Crippen molar-refractivity contribution in [2.75, 3.05) is 36.8 Å². The van der Waals surface area contributed by atoms with Gasteiger partial charge in [-0.05, 0) is 104 Å². The van der Waals surface area contributed by atoms with Crippen molar-refractivity contribution < 1.29 is 27.5 Å². The lowest BCUT2D eigenvalue weighted by atomic mass is 9.50. The van der Waals surface area contributed by atoms with Crippen molar-refractivity contribution in [1.29, 1.82) is 0 Å². The number of nitrogens with zero attached hydrogens (tertiary/aromatic N) is 4. The van der Waals surface area contributed by atoms with Crippen molar-refractivity contribution in [3.8, 4) is 16.9 Å². The Hall–Kier alpha value is -4.06. The summed E-state index contributed by atoms with van der Waals surface area (Å²) in [6.45, 7) is 1.66. The van der Waals surface area contributed by atoms with Gasteiger partial charge in [0.2, 0.25) is 10.0 Å². The van der Waals surface area contributed by atoms with Crippen molar-refractivity contribution >= 4 is 27.7 Å². The molecule has 1 saturated heterocycles. The zero-order valence-electron chi connectivity index (χ0n) is 24.9. The fourth-order valence-electron chi connectivity index (χ4n) is 8.59. The van der Waals surface area contributed by atoms with Crippen LogP contribution in [-0.4, -0.2) is 72.4 Å². The van der Waals surface area contributed by atoms with Crippen molar-refractivity contribution in [2.24, 2.45) is 23.2 Å². The molecule has 2 heterocycles. The number of carbonyl (C=O) groups is 2. The smallest absolute Gasteiger partial charge is 0.285 e. The molecule has 5 aliphatic rings. The maximum absolute atomic E-state index is 14.9. The lowest BCUT2D eigenvalue weighted by Gasteiger charge is -2.56. The van der Waals surface area contributed by atoms with Gasteiger partial charge in [-0.3, -0.25) is 9.59 Å². The molecule has 0 unspecified atom stereocenters. The van der Waals surface area contributed by atoms with Gasteiger partial charge in [0.05, 0.1) is 5.75 Å². The molecule has 8 rings (SSSR count). The second-order valence-electron chi connectivity index (χ2n) is 13.4. The SMILES string of the molecule is O=C(NS(=O)(=O)CC12CC3CC(CC(C3)C1)C2)c1ccc(N2CCN(C(=O)c3ccc(-c4cccc(O)c4)c(F)c3)CC2)nn1. The maximum Gasteiger partial charge on any atom is 0.285 e. The highest BCUT2D eigenvalue weighted by molar-refractivity contribution is 7.90. The van der Waals surface area contributed by atoms with Gasteiger partial charge in [0.15, 0.2) is 11.5 Å². The third-order valence-corrected chi connectivity index (χ3v) is 11.5. The highest BCUT2D eigenvalue weighted by Crippen LogP contribution is 2.60. The van der Waals surface area contributed by atoms with E-state index in [9.17, 15) is 27.5 Å². The highest BCUT2D eigenvalue weighted by atomic mass is 32.2. The van der Waals surface area contributed by atoms with Crippen molar-refractivity contribution in [1.82, 2.24) is 19.8 Å². The fourth-order valence-corrected chi connectivity index (χ4v) is 10.2. The normalized spacial score (nSPS) is 25.8. The molecule has 0 spiro atoms. The molecule has 3 aromatic rings. The zero-order valence-corrected chi connectivity index (χ0v) is 25.7. The molecule has 1 aromatic heterocycles. The van der Waals surface area contributed by atoms with Gasteiger partial charge >= 0.3 is 0 Å². The van der Waals surface area contributed by atoms with E-state index < -0.39 is 21.7 Å². The number of hydrogen-bond donors (Lipinski definition) is 2. The van der Waals surface area contributed by atoms with Crippen LogP contribution < -0.4 is 9.62 Å².